The average Bonchev–Trinajstić information content (AvgIpc) is 2.98. The number of thioether (sulfide) groups is 1. The zero-order valence-corrected chi connectivity index (χ0v) is 11.1. The van der Waals surface area contributed by atoms with E-state index in [2.05, 4.69) is 27.4 Å². The van der Waals surface area contributed by atoms with Gasteiger partial charge in [0, 0.05) is 6.54 Å². The van der Waals surface area contributed by atoms with Gasteiger partial charge in [0.25, 0.3) is 5.89 Å². The molecule has 0 atom stereocenters. The van der Waals surface area contributed by atoms with Gasteiger partial charge in [-0.2, -0.15) is 16.7 Å². The van der Waals surface area contributed by atoms with Crippen molar-refractivity contribution in [1.82, 2.24) is 25.1 Å². The number of rotatable bonds is 7. The smallest absolute Gasteiger partial charge is 0.280 e. The Morgan fingerprint density at radius 1 is 1.50 bits per heavy atom. The van der Waals surface area contributed by atoms with Gasteiger partial charge in [0.2, 0.25) is 0 Å². The van der Waals surface area contributed by atoms with Crippen LogP contribution in [0.1, 0.15) is 19.2 Å². The van der Waals surface area contributed by atoms with Gasteiger partial charge in [-0.3, -0.25) is 4.68 Å². The standard InChI is InChI=1S/C10H16N6OS/c1-2-5-18-7-9-12-10(17-14-9)8-6-16(4-3-11)15-13-8/h6H,2-5,7,11H2,1H3. The Hall–Kier alpha value is -1.41. The lowest BCUT2D eigenvalue weighted by Crippen LogP contribution is -2.10. The Labute approximate surface area is 109 Å². The molecule has 0 unspecified atom stereocenters. The summed E-state index contributed by atoms with van der Waals surface area (Å²) in [4.78, 5) is 4.28. The Bertz CT molecular complexity index is 482. The van der Waals surface area contributed by atoms with Crippen molar-refractivity contribution in [2.24, 2.45) is 5.73 Å². The highest BCUT2D eigenvalue weighted by atomic mass is 32.2. The molecule has 0 aromatic carbocycles. The topological polar surface area (TPSA) is 95.7 Å². The van der Waals surface area contributed by atoms with Gasteiger partial charge in [-0.05, 0) is 12.2 Å². The number of hydrogen-bond acceptors (Lipinski definition) is 7. The summed E-state index contributed by atoms with van der Waals surface area (Å²) in [6.07, 6.45) is 2.89. The molecule has 0 aliphatic heterocycles. The first-order valence-electron chi connectivity index (χ1n) is 5.84. The molecule has 2 rings (SSSR count). The van der Waals surface area contributed by atoms with E-state index in [0.717, 1.165) is 17.9 Å². The highest BCUT2D eigenvalue weighted by molar-refractivity contribution is 7.98. The summed E-state index contributed by atoms with van der Waals surface area (Å²) >= 11 is 1.79. The molecule has 7 nitrogen and oxygen atoms in total. The van der Waals surface area contributed by atoms with Gasteiger partial charge < -0.3 is 10.3 Å². The zero-order chi connectivity index (χ0) is 12.8. The van der Waals surface area contributed by atoms with Crippen LogP contribution in [0.4, 0.5) is 0 Å². The van der Waals surface area contributed by atoms with E-state index in [1.807, 2.05) is 0 Å². The first kappa shape index (κ1) is 13.0. The molecular formula is C10H16N6OS. The van der Waals surface area contributed by atoms with Crippen molar-refractivity contribution < 1.29 is 4.52 Å². The molecule has 0 spiro atoms. The highest BCUT2D eigenvalue weighted by Crippen LogP contribution is 2.16. The summed E-state index contributed by atoms with van der Waals surface area (Å²) in [6, 6.07) is 0. The maximum Gasteiger partial charge on any atom is 0.280 e. The van der Waals surface area contributed by atoms with Crippen LogP contribution < -0.4 is 5.73 Å². The lowest BCUT2D eigenvalue weighted by atomic mass is 10.5. The largest absolute Gasteiger partial charge is 0.332 e. The average molecular weight is 268 g/mol. The Morgan fingerprint density at radius 2 is 2.39 bits per heavy atom. The van der Waals surface area contributed by atoms with E-state index in [1.165, 1.54) is 0 Å². The summed E-state index contributed by atoms with van der Waals surface area (Å²) in [7, 11) is 0. The normalized spacial score (nSPS) is 11.0. The van der Waals surface area contributed by atoms with E-state index < -0.39 is 0 Å². The van der Waals surface area contributed by atoms with E-state index >= 15 is 0 Å². The van der Waals surface area contributed by atoms with Crippen LogP contribution in [0.3, 0.4) is 0 Å². The van der Waals surface area contributed by atoms with E-state index in [9.17, 15) is 0 Å². The molecule has 18 heavy (non-hydrogen) atoms. The minimum Gasteiger partial charge on any atom is -0.332 e. The highest BCUT2D eigenvalue weighted by Gasteiger charge is 2.12. The van der Waals surface area contributed by atoms with Gasteiger partial charge in [-0.25, -0.2) is 0 Å². The third kappa shape index (κ3) is 3.30. The van der Waals surface area contributed by atoms with Crippen molar-refractivity contribution in [3.05, 3.63) is 12.0 Å². The summed E-state index contributed by atoms with van der Waals surface area (Å²) < 4.78 is 6.81. The molecule has 0 amide bonds. The SMILES string of the molecule is CCCSCc1noc(-c2cn(CCN)nn2)n1. The molecule has 8 heteroatoms. The first-order chi connectivity index (χ1) is 8.83. The second kappa shape index (κ2) is 6.50. The molecule has 2 aromatic heterocycles. The van der Waals surface area contributed by atoms with Crippen LogP contribution in [0.15, 0.2) is 10.7 Å². The molecule has 98 valence electrons. The van der Waals surface area contributed by atoms with Gasteiger partial charge in [0.1, 0.15) is 0 Å². The molecule has 0 aliphatic carbocycles. The van der Waals surface area contributed by atoms with Crippen LogP contribution in [-0.2, 0) is 12.3 Å². The third-order valence-electron chi connectivity index (χ3n) is 2.16. The van der Waals surface area contributed by atoms with Gasteiger partial charge in [0.05, 0.1) is 18.5 Å². The first-order valence-corrected chi connectivity index (χ1v) is 7.00. The molecule has 0 aliphatic rings. The molecular weight excluding hydrogens is 252 g/mol. The van der Waals surface area contributed by atoms with Crippen LogP contribution in [0.2, 0.25) is 0 Å². The minimum atomic E-state index is 0.408. The van der Waals surface area contributed by atoms with Crippen LogP contribution in [-0.4, -0.2) is 37.4 Å². The third-order valence-corrected chi connectivity index (χ3v) is 3.32. The summed E-state index contributed by atoms with van der Waals surface area (Å²) in [5.74, 6) is 2.95. The Kier molecular flexibility index (Phi) is 4.71. The van der Waals surface area contributed by atoms with Crippen molar-refractivity contribution in [1.29, 1.82) is 0 Å². The maximum absolute atomic E-state index is 5.44. The Balaban J connectivity index is 1.99. The van der Waals surface area contributed by atoms with E-state index in [0.29, 0.717) is 30.5 Å². The fourth-order valence-electron chi connectivity index (χ4n) is 1.36. The van der Waals surface area contributed by atoms with Crippen LogP contribution in [0.25, 0.3) is 11.6 Å². The van der Waals surface area contributed by atoms with Crippen LogP contribution >= 0.6 is 11.8 Å². The number of aromatic nitrogens is 5. The van der Waals surface area contributed by atoms with Crippen molar-refractivity contribution in [3.63, 3.8) is 0 Å². The van der Waals surface area contributed by atoms with E-state index in [4.69, 9.17) is 10.3 Å². The predicted molar refractivity (Wildman–Crippen MR) is 68.8 cm³/mol. The number of nitrogens with zero attached hydrogens (tertiary/aromatic N) is 5. The number of nitrogens with two attached hydrogens (primary N) is 1. The molecule has 2 heterocycles. The molecule has 0 saturated carbocycles. The number of hydrogen-bond donors (Lipinski definition) is 1. The summed E-state index contributed by atoms with van der Waals surface area (Å²) in [5.41, 5.74) is 6.02. The molecule has 0 saturated heterocycles. The van der Waals surface area contributed by atoms with Gasteiger partial charge in [-0.1, -0.05) is 17.3 Å². The predicted octanol–water partition coefficient (Wildman–Crippen LogP) is 0.930. The lowest BCUT2D eigenvalue weighted by molar-refractivity contribution is 0.424. The van der Waals surface area contributed by atoms with Crippen LogP contribution in [0, 0.1) is 0 Å². The molecule has 2 N–H and O–H groups in total. The fourth-order valence-corrected chi connectivity index (χ4v) is 2.10. The monoisotopic (exact) mass is 268 g/mol. The lowest BCUT2D eigenvalue weighted by Gasteiger charge is -1.92. The van der Waals surface area contributed by atoms with E-state index in [1.54, 1.807) is 22.6 Å². The van der Waals surface area contributed by atoms with Gasteiger partial charge in [0.15, 0.2) is 11.5 Å². The van der Waals surface area contributed by atoms with Crippen molar-refractivity contribution in [3.8, 4) is 11.6 Å². The summed E-state index contributed by atoms with van der Waals surface area (Å²) in [5, 5.41) is 11.8. The molecule has 0 radical (unpaired) electrons. The van der Waals surface area contributed by atoms with Crippen molar-refractivity contribution >= 4 is 11.8 Å². The van der Waals surface area contributed by atoms with Gasteiger partial charge >= 0.3 is 0 Å². The molecule has 0 bridgehead atoms. The Morgan fingerprint density at radius 3 is 3.17 bits per heavy atom. The molecule has 2 aromatic rings. The second-order valence-electron chi connectivity index (χ2n) is 3.72. The quantitative estimate of drug-likeness (QED) is 0.746. The molecule has 0 fully saturated rings. The zero-order valence-electron chi connectivity index (χ0n) is 10.2. The minimum absolute atomic E-state index is 0.408. The van der Waals surface area contributed by atoms with Crippen molar-refractivity contribution in [2.75, 3.05) is 12.3 Å². The maximum atomic E-state index is 5.44. The second-order valence-corrected chi connectivity index (χ2v) is 4.83. The van der Waals surface area contributed by atoms with Gasteiger partial charge in [-0.15, -0.1) is 5.10 Å². The summed E-state index contributed by atoms with van der Waals surface area (Å²) in [6.45, 7) is 3.29. The van der Waals surface area contributed by atoms with E-state index in [-0.39, 0.29) is 0 Å². The fraction of sp³-hybridized carbons (Fsp3) is 0.600. The van der Waals surface area contributed by atoms with Crippen molar-refractivity contribution in [2.45, 2.75) is 25.6 Å². The van der Waals surface area contributed by atoms with Crippen LogP contribution in [0.5, 0.6) is 0 Å².